The Morgan fingerprint density at radius 1 is 1.32 bits per heavy atom. The van der Waals surface area contributed by atoms with Crippen molar-refractivity contribution in [3.8, 4) is 11.8 Å². The van der Waals surface area contributed by atoms with Crippen LogP contribution in [0.3, 0.4) is 0 Å². The van der Waals surface area contributed by atoms with Crippen molar-refractivity contribution in [2.75, 3.05) is 0 Å². The van der Waals surface area contributed by atoms with Gasteiger partial charge in [-0.25, -0.2) is 0 Å². The Balaban J connectivity index is 1.93. The molecule has 0 aliphatic rings. The predicted octanol–water partition coefficient (Wildman–Crippen LogP) is 4.48. The fourth-order valence-electron chi connectivity index (χ4n) is 2.25. The second-order valence-electron chi connectivity index (χ2n) is 5.09. The molecule has 0 atom stereocenters. The number of thioether (sulfide) groups is 1. The number of nitriles is 1. The first kappa shape index (κ1) is 17.4. The maximum absolute atomic E-state index is 12.8. The van der Waals surface area contributed by atoms with Gasteiger partial charge in [0.25, 0.3) is 5.56 Å². The van der Waals surface area contributed by atoms with Gasteiger partial charge in [0, 0.05) is 11.8 Å². The molecule has 0 fully saturated rings. The highest BCUT2D eigenvalue weighted by Gasteiger charge is 2.30. The van der Waals surface area contributed by atoms with Crippen molar-refractivity contribution in [1.82, 2.24) is 4.98 Å². The molecule has 0 aliphatic carbocycles. The van der Waals surface area contributed by atoms with Crippen LogP contribution in [0, 0.1) is 11.3 Å². The summed E-state index contributed by atoms with van der Waals surface area (Å²) in [7, 11) is 0. The fraction of sp³-hybridized carbons (Fsp3) is 0.125. The summed E-state index contributed by atoms with van der Waals surface area (Å²) >= 11 is 2.29. The Morgan fingerprint density at radius 2 is 2.08 bits per heavy atom. The first-order valence-electron chi connectivity index (χ1n) is 6.87. The van der Waals surface area contributed by atoms with Gasteiger partial charge >= 0.3 is 6.18 Å². The lowest BCUT2D eigenvalue weighted by Gasteiger charge is -2.08. The molecule has 0 bridgehead atoms. The molecule has 3 aromatic rings. The highest BCUT2D eigenvalue weighted by molar-refractivity contribution is 8.00. The van der Waals surface area contributed by atoms with Crippen LogP contribution in [-0.4, -0.2) is 10.1 Å². The van der Waals surface area contributed by atoms with Crippen molar-refractivity contribution in [3.63, 3.8) is 0 Å². The van der Waals surface area contributed by atoms with E-state index in [0.29, 0.717) is 14.5 Å². The molecule has 0 amide bonds. The second-order valence-corrected chi connectivity index (χ2v) is 7.35. The molecule has 0 aliphatic heterocycles. The van der Waals surface area contributed by atoms with Crippen LogP contribution in [0.15, 0.2) is 39.3 Å². The number of aromatic amines is 1. The zero-order valence-electron chi connectivity index (χ0n) is 12.3. The van der Waals surface area contributed by atoms with Crippen LogP contribution in [0.4, 0.5) is 13.2 Å². The van der Waals surface area contributed by atoms with Crippen molar-refractivity contribution in [2.45, 2.75) is 16.1 Å². The lowest BCUT2D eigenvalue weighted by Crippen LogP contribution is -2.04. The fourth-order valence-corrected chi connectivity index (χ4v) is 4.53. The molecule has 0 unspecified atom stereocenters. The molecular formula is C16H9F3N2O2S2. The molecule has 3 rings (SSSR count). The molecule has 1 aromatic carbocycles. The first-order chi connectivity index (χ1) is 11.8. The number of halogens is 3. The summed E-state index contributed by atoms with van der Waals surface area (Å²) < 4.78 is 39.2. The third kappa shape index (κ3) is 3.50. The van der Waals surface area contributed by atoms with Gasteiger partial charge in [-0.3, -0.25) is 4.79 Å². The van der Waals surface area contributed by atoms with E-state index in [9.17, 15) is 28.3 Å². The number of nitrogens with one attached hydrogen (secondary N) is 1. The first-order valence-corrected chi connectivity index (χ1v) is 8.67. The number of aromatic nitrogens is 1. The van der Waals surface area contributed by atoms with Gasteiger partial charge in [0.2, 0.25) is 0 Å². The lowest BCUT2D eigenvalue weighted by molar-refractivity contribution is -0.137. The second kappa shape index (κ2) is 6.46. The van der Waals surface area contributed by atoms with Gasteiger partial charge in [0.1, 0.15) is 17.4 Å². The van der Waals surface area contributed by atoms with Crippen LogP contribution >= 0.6 is 23.1 Å². The van der Waals surface area contributed by atoms with Crippen LogP contribution in [0.1, 0.15) is 16.7 Å². The highest BCUT2D eigenvalue weighted by atomic mass is 32.2. The molecule has 0 spiro atoms. The van der Waals surface area contributed by atoms with E-state index in [1.165, 1.54) is 17.8 Å². The Bertz CT molecular complexity index is 1050. The monoisotopic (exact) mass is 382 g/mol. The number of aromatic hydroxyl groups is 1. The van der Waals surface area contributed by atoms with E-state index >= 15 is 0 Å². The summed E-state index contributed by atoms with van der Waals surface area (Å²) in [5, 5.41) is 19.2. The molecular weight excluding hydrogens is 373 g/mol. The van der Waals surface area contributed by atoms with Crippen molar-refractivity contribution < 1.29 is 18.3 Å². The van der Waals surface area contributed by atoms with Crippen LogP contribution < -0.4 is 5.56 Å². The average Bonchev–Trinajstić information content (AvgIpc) is 2.90. The number of alkyl halides is 3. The van der Waals surface area contributed by atoms with Gasteiger partial charge in [0.15, 0.2) is 0 Å². The normalized spacial score (nSPS) is 11.6. The van der Waals surface area contributed by atoms with Crippen molar-refractivity contribution in [3.05, 3.63) is 57.4 Å². The third-order valence-electron chi connectivity index (χ3n) is 3.36. The number of thiophene rings is 1. The summed E-state index contributed by atoms with van der Waals surface area (Å²) in [5.74, 6) is -0.0117. The maximum Gasteiger partial charge on any atom is 0.416 e. The zero-order chi connectivity index (χ0) is 18.2. The molecule has 128 valence electrons. The molecule has 2 aromatic heterocycles. The quantitative estimate of drug-likeness (QED) is 0.655. The number of rotatable bonds is 3. The lowest BCUT2D eigenvalue weighted by atomic mass is 10.1. The summed E-state index contributed by atoms with van der Waals surface area (Å²) in [6, 6.07) is 7.95. The van der Waals surface area contributed by atoms with Gasteiger partial charge in [-0.1, -0.05) is 18.2 Å². The third-order valence-corrected chi connectivity index (χ3v) is 5.92. The number of pyridine rings is 1. The van der Waals surface area contributed by atoms with Crippen LogP contribution in [-0.2, 0) is 11.9 Å². The van der Waals surface area contributed by atoms with E-state index < -0.39 is 17.3 Å². The van der Waals surface area contributed by atoms with E-state index in [4.69, 9.17) is 0 Å². The number of hydrogen-bond donors (Lipinski definition) is 2. The number of hydrogen-bond acceptors (Lipinski definition) is 5. The number of H-pyrrole nitrogens is 1. The van der Waals surface area contributed by atoms with E-state index in [0.717, 1.165) is 29.5 Å². The topological polar surface area (TPSA) is 76.9 Å². The van der Waals surface area contributed by atoms with Crippen LogP contribution in [0.5, 0.6) is 5.75 Å². The minimum atomic E-state index is -4.42. The van der Waals surface area contributed by atoms with E-state index in [-0.39, 0.29) is 22.6 Å². The van der Waals surface area contributed by atoms with Gasteiger partial charge in [0.05, 0.1) is 20.0 Å². The molecule has 2 heterocycles. The summed E-state index contributed by atoms with van der Waals surface area (Å²) in [5.41, 5.74) is -0.369. The molecule has 9 heteroatoms. The summed E-state index contributed by atoms with van der Waals surface area (Å²) in [6.45, 7) is 0. The van der Waals surface area contributed by atoms with E-state index in [2.05, 4.69) is 4.98 Å². The van der Waals surface area contributed by atoms with Gasteiger partial charge in [-0.05, 0) is 11.6 Å². The minimum absolute atomic E-state index is 0.199. The SMILES string of the molecule is N#Cc1c(SCc2cccc(C(F)(F)F)c2)sc2c(O)cc(=O)[nH]c12. The largest absolute Gasteiger partial charge is 0.506 e. The van der Waals surface area contributed by atoms with Crippen LogP contribution in [0.25, 0.3) is 10.2 Å². The molecule has 25 heavy (non-hydrogen) atoms. The van der Waals surface area contributed by atoms with E-state index in [1.807, 2.05) is 6.07 Å². The molecule has 0 radical (unpaired) electrons. The summed E-state index contributed by atoms with van der Waals surface area (Å²) in [4.78, 5) is 14.0. The standard InChI is InChI=1S/C16H9F3N2O2S2/c17-16(18,19)9-3-1-2-8(4-9)7-24-15-10(6-20)13-14(25-15)11(22)5-12(23)21-13/h1-5H,7H2,(H2,21,22,23). The molecule has 0 saturated heterocycles. The average molecular weight is 382 g/mol. The highest BCUT2D eigenvalue weighted by Crippen LogP contribution is 2.41. The molecule has 4 nitrogen and oxygen atoms in total. The van der Waals surface area contributed by atoms with Crippen molar-refractivity contribution in [1.29, 1.82) is 5.26 Å². The van der Waals surface area contributed by atoms with Gasteiger partial charge in [-0.15, -0.1) is 23.1 Å². The predicted molar refractivity (Wildman–Crippen MR) is 89.8 cm³/mol. The molecule has 2 N–H and O–H groups in total. The van der Waals surface area contributed by atoms with Gasteiger partial charge in [-0.2, -0.15) is 18.4 Å². The Kier molecular flexibility index (Phi) is 4.49. The number of benzene rings is 1. The maximum atomic E-state index is 12.8. The Hall–Kier alpha value is -2.44. The molecule has 0 saturated carbocycles. The van der Waals surface area contributed by atoms with Gasteiger partial charge < -0.3 is 10.1 Å². The Morgan fingerprint density at radius 3 is 2.76 bits per heavy atom. The minimum Gasteiger partial charge on any atom is -0.506 e. The number of fused-ring (bicyclic) bond motifs is 1. The zero-order valence-corrected chi connectivity index (χ0v) is 14.0. The summed E-state index contributed by atoms with van der Waals surface area (Å²) in [6.07, 6.45) is -4.42. The van der Waals surface area contributed by atoms with Crippen molar-refractivity contribution in [2.24, 2.45) is 0 Å². The van der Waals surface area contributed by atoms with E-state index in [1.54, 1.807) is 6.07 Å². The van der Waals surface area contributed by atoms with Crippen molar-refractivity contribution >= 4 is 33.3 Å². The Labute approximate surface area is 147 Å². The smallest absolute Gasteiger partial charge is 0.416 e. The number of nitrogens with zero attached hydrogens (tertiary/aromatic N) is 1. The van der Waals surface area contributed by atoms with Crippen LogP contribution in [0.2, 0.25) is 0 Å².